The van der Waals surface area contributed by atoms with Crippen molar-refractivity contribution in [2.24, 2.45) is 0 Å². The Hall–Kier alpha value is -1.68. The molecular formula is C29H50N4. The molecule has 2 rings (SSSR count). The molecule has 4 nitrogen and oxygen atoms in total. The predicted octanol–water partition coefficient (Wildman–Crippen LogP) is 8.13. The summed E-state index contributed by atoms with van der Waals surface area (Å²) in [5.74, 6) is 0. The maximum absolute atomic E-state index is 4.42. The minimum atomic E-state index is 0.990. The Kier molecular flexibility index (Phi) is 14.8. The Morgan fingerprint density at radius 2 is 1.24 bits per heavy atom. The van der Waals surface area contributed by atoms with Crippen molar-refractivity contribution >= 4 is 0 Å². The summed E-state index contributed by atoms with van der Waals surface area (Å²) in [7, 11) is 0. The molecule has 0 spiro atoms. The monoisotopic (exact) mass is 454 g/mol. The van der Waals surface area contributed by atoms with E-state index in [1.165, 1.54) is 120 Å². The van der Waals surface area contributed by atoms with E-state index in [1.54, 1.807) is 0 Å². The lowest BCUT2D eigenvalue weighted by Gasteiger charge is -2.22. The van der Waals surface area contributed by atoms with Gasteiger partial charge in [-0.2, -0.15) is 0 Å². The summed E-state index contributed by atoms with van der Waals surface area (Å²) in [5, 5.41) is 11.8. The summed E-state index contributed by atoms with van der Waals surface area (Å²) in [6.07, 6.45) is 20.3. The summed E-state index contributed by atoms with van der Waals surface area (Å²) in [4.78, 5) is 2.69. The lowest BCUT2D eigenvalue weighted by Crippen LogP contribution is -2.28. The Bertz CT molecular complexity index is 706. The molecular weight excluding hydrogens is 404 g/mol. The fraction of sp³-hybridized carbons (Fsp3) is 0.724. The number of aromatic amines is 1. The Balaban J connectivity index is 1.81. The van der Waals surface area contributed by atoms with Crippen LogP contribution >= 0.6 is 0 Å². The van der Waals surface area contributed by atoms with Crippen LogP contribution in [0.3, 0.4) is 0 Å². The molecule has 0 bridgehead atoms. The minimum absolute atomic E-state index is 0.990. The molecule has 0 amide bonds. The summed E-state index contributed by atoms with van der Waals surface area (Å²) in [5.41, 5.74) is 4.66. The third kappa shape index (κ3) is 11.3. The number of benzene rings is 1. The molecule has 4 heteroatoms. The molecule has 2 aromatic rings. The van der Waals surface area contributed by atoms with E-state index in [9.17, 15) is 0 Å². The second-order valence-electron chi connectivity index (χ2n) is 9.79. The molecule has 1 aromatic carbocycles. The molecule has 0 atom stereocenters. The molecule has 0 aliphatic rings. The molecule has 0 aliphatic heterocycles. The van der Waals surface area contributed by atoms with E-state index in [1.807, 2.05) is 0 Å². The predicted molar refractivity (Wildman–Crippen MR) is 143 cm³/mol. The van der Waals surface area contributed by atoms with Crippen LogP contribution < -0.4 is 0 Å². The van der Waals surface area contributed by atoms with Crippen molar-refractivity contribution in [1.82, 2.24) is 20.3 Å². The zero-order chi connectivity index (χ0) is 23.6. The second kappa shape index (κ2) is 17.8. The number of aromatic nitrogens is 3. The summed E-state index contributed by atoms with van der Waals surface area (Å²) in [6.45, 7) is 10.3. The van der Waals surface area contributed by atoms with Crippen LogP contribution in [0.2, 0.25) is 0 Å². The van der Waals surface area contributed by atoms with Crippen LogP contribution in [0.25, 0.3) is 11.3 Å². The van der Waals surface area contributed by atoms with Crippen LogP contribution in [0.15, 0.2) is 24.3 Å². The van der Waals surface area contributed by atoms with Crippen molar-refractivity contribution in [2.45, 2.75) is 117 Å². The van der Waals surface area contributed by atoms with Crippen molar-refractivity contribution in [3.63, 3.8) is 0 Å². The first kappa shape index (κ1) is 27.6. The van der Waals surface area contributed by atoms with Crippen LogP contribution in [-0.4, -0.2) is 39.9 Å². The number of unbranched alkanes of at least 4 members (excludes halogenated alkanes) is 12. The van der Waals surface area contributed by atoms with Crippen LogP contribution in [0.1, 0.15) is 115 Å². The number of hydrogen-bond acceptors (Lipinski definition) is 3. The van der Waals surface area contributed by atoms with Crippen molar-refractivity contribution in [3.05, 3.63) is 35.5 Å². The number of aryl methyl sites for hydroxylation is 1. The van der Waals surface area contributed by atoms with Gasteiger partial charge in [0.25, 0.3) is 0 Å². The lowest BCUT2D eigenvalue weighted by atomic mass is 10.0. The largest absolute Gasteiger partial charge is 0.303 e. The highest BCUT2D eigenvalue weighted by Gasteiger charge is 2.13. The summed E-state index contributed by atoms with van der Waals surface area (Å²) in [6, 6.07) is 8.49. The van der Waals surface area contributed by atoms with E-state index in [0.29, 0.717) is 0 Å². The van der Waals surface area contributed by atoms with E-state index in [2.05, 4.69) is 65.3 Å². The third-order valence-corrected chi connectivity index (χ3v) is 6.85. The van der Waals surface area contributed by atoms with Crippen molar-refractivity contribution in [1.29, 1.82) is 0 Å². The SMILES string of the molecule is CCCCCCCCCN(CCCCCCCCC)CCc1[nH]nnc1-c1ccccc1C. The zero-order valence-electron chi connectivity index (χ0n) is 21.9. The van der Waals surface area contributed by atoms with Gasteiger partial charge in [-0.15, -0.1) is 5.10 Å². The molecule has 0 radical (unpaired) electrons. The van der Waals surface area contributed by atoms with Gasteiger partial charge in [0.15, 0.2) is 0 Å². The zero-order valence-corrected chi connectivity index (χ0v) is 21.9. The number of H-pyrrole nitrogens is 1. The average Bonchev–Trinajstić information content (AvgIpc) is 3.29. The molecule has 1 aromatic heterocycles. The highest BCUT2D eigenvalue weighted by Crippen LogP contribution is 2.23. The second-order valence-corrected chi connectivity index (χ2v) is 9.79. The van der Waals surface area contributed by atoms with Gasteiger partial charge < -0.3 is 4.90 Å². The number of rotatable bonds is 20. The molecule has 0 fully saturated rings. The number of nitrogens with one attached hydrogen (secondary N) is 1. The number of nitrogens with zero attached hydrogens (tertiary/aromatic N) is 3. The highest BCUT2D eigenvalue weighted by atomic mass is 15.3. The van der Waals surface area contributed by atoms with E-state index in [4.69, 9.17) is 0 Å². The van der Waals surface area contributed by atoms with Crippen LogP contribution in [0, 0.1) is 6.92 Å². The molecule has 0 saturated carbocycles. The Morgan fingerprint density at radius 3 is 1.82 bits per heavy atom. The van der Waals surface area contributed by atoms with Gasteiger partial charge in [0.2, 0.25) is 0 Å². The first-order chi connectivity index (χ1) is 16.3. The summed E-state index contributed by atoms with van der Waals surface area (Å²) < 4.78 is 0. The normalized spacial score (nSPS) is 11.5. The van der Waals surface area contributed by atoms with E-state index in [-0.39, 0.29) is 0 Å². The van der Waals surface area contributed by atoms with Crippen molar-refractivity contribution < 1.29 is 0 Å². The molecule has 33 heavy (non-hydrogen) atoms. The maximum Gasteiger partial charge on any atom is 0.116 e. The first-order valence-electron chi connectivity index (χ1n) is 13.9. The highest BCUT2D eigenvalue weighted by molar-refractivity contribution is 5.65. The molecule has 0 unspecified atom stereocenters. The van der Waals surface area contributed by atoms with Gasteiger partial charge in [-0.05, 0) is 38.4 Å². The lowest BCUT2D eigenvalue weighted by molar-refractivity contribution is 0.262. The standard InChI is InChI=1S/C29H50N4/c1-4-6-8-10-12-14-18-23-33(24-19-15-13-11-9-7-5-2)25-22-28-29(31-32-30-28)27-21-17-16-20-26(27)3/h16-17,20-21H,4-15,18-19,22-25H2,1-3H3,(H,30,31,32). The van der Waals surface area contributed by atoms with Crippen LogP contribution in [0.5, 0.6) is 0 Å². The third-order valence-electron chi connectivity index (χ3n) is 6.85. The molecule has 0 saturated heterocycles. The van der Waals surface area contributed by atoms with Gasteiger partial charge in [0.1, 0.15) is 5.69 Å². The molecule has 1 N–H and O–H groups in total. The quantitative estimate of drug-likeness (QED) is 0.205. The van der Waals surface area contributed by atoms with Crippen LogP contribution in [-0.2, 0) is 6.42 Å². The van der Waals surface area contributed by atoms with Crippen LogP contribution in [0.4, 0.5) is 0 Å². The Morgan fingerprint density at radius 1 is 0.697 bits per heavy atom. The topological polar surface area (TPSA) is 44.8 Å². The van der Waals surface area contributed by atoms with Gasteiger partial charge in [-0.3, -0.25) is 5.10 Å². The molecule has 0 aliphatic carbocycles. The number of hydrogen-bond donors (Lipinski definition) is 1. The smallest absolute Gasteiger partial charge is 0.116 e. The van der Waals surface area contributed by atoms with E-state index in [0.717, 1.165) is 18.7 Å². The minimum Gasteiger partial charge on any atom is -0.303 e. The Labute approximate surface area is 203 Å². The van der Waals surface area contributed by atoms with Gasteiger partial charge in [0.05, 0.1) is 5.69 Å². The van der Waals surface area contributed by atoms with Gasteiger partial charge in [-0.25, -0.2) is 0 Å². The van der Waals surface area contributed by atoms with Gasteiger partial charge in [-0.1, -0.05) is 120 Å². The van der Waals surface area contributed by atoms with Crippen molar-refractivity contribution in [3.8, 4) is 11.3 Å². The first-order valence-corrected chi connectivity index (χ1v) is 13.9. The van der Waals surface area contributed by atoms with Gasteiger partial charge in [0, 0.05) is 18.5 Å². The van der Waals surface area contributed by atoms with Gasteiger partial charge >= 0.3 is 0 Å². The van der Waals surface area contributed by atoms with E-state index >= 15 is 0 Å². The molecule has 1 heterocycles. The van der Waals surface area contributed by atoms with Crippen molar-refractivity contribution in [2.75, 3.05) is 19.6 Å². The van der Waals surface area contributed by atoms with E-state index < -0.39 is 0 Å². The maximum atomic E-state index is 4.42. The fourth-order valence-corrected chi connectivity index (χ4v) is 4.67. The summed E-state index contributed by atoms with van der Waals surface area (Å²) >= 11 is 0. The fourth-order valence-electron chi connectivity index (χ4n) is 4.67. The average molecular weight is 455 g/mol. The molecule has 186 valence electrons.